The predicted molar refractivity (Wildman–Crippen MR) is 110 cm³/mol. The van der Waals surface area contributed by atoms with Crippen molar-refractivity contribution >= 4 is 16.8 Å². The Balaban J connectivity index is 1.27. The Bertz CT molecular complexity index is 992. The quantitative estimate of drug-likeness (QED) is 0.692. The molecule has 1 aliphatic heterocycles. The van der Waals surface area contributed by atoms with Crippen molar-refractivity contribution < 1.29 is 4.79 Å². The summed E-state index contributed by atoms with van der Waals surface area (Å²) in [5.41, 5.74) is 1.99. The highest BCUT2D eigenvalue weighted by Gasteiger charge is 2.21. The number of hydrogen-bond donors (Lipinski definition) is 2. The fraction of sp³-hybridized carbons (Fsp3) is 0.364. The van der Waals surface area contributed by atoms with Crippen LogP contribution >= 0.6 is 0 Å². The second-order valence-corrected chi connectivity index (χ2v) is 7.45. The standard InChI is InChI=1S/C22H26N4O2/c27-21(16-26-22(28)19-10-4-5-11-20(19)24-26)23-12-14-25-13-6-9-18(15-25)17-7-2-1-3-8-17/h1-5,7-8,10-11,18,24H,6,9,12-16H2,(H,23,27)/t18-/m1/s1. The lowest BCUT2D eigenvalue weighted by Crippen LogP contribution is -2.41. The number of nitrogens with one attached hydrogen (secondary N) is 2. The first-order valence-corrected chi connectivity index (χ1v) is 9.92. The Labute approximate surface area is 164 Å². The molecule has 146 valence electrons. The first-order chi connectivity index (χ1) is 13.7. The van der Waals surface area contributed by atoms with E-state index in [1.165, 1.54) is 23.1 Å². The number of para-hydroxylation sites is 1. The third-order valence-corrected chi connectivity index (χ3v) is 5.49. The van der Waals surface area contributed by atoms with Crippen LogP contribution in [0.3, 0.4) is 0 Å². The van der Waals surface area contributed by atoms with Crippen molar-refractivity contribution in [2.45, 2.75) is 25.3 Å². The van der Waals surface area contributed by atoms with E-state index in [1.807, 2.05) is 18.2 Å². The summed E-state index contributed by atoms with van der Waals surface area (Å²) >= 11 is 0. The number of carbonyl (C=O) groups excluding carboxylic acids is 1. The highest BCUT2D eigenvalue weighted by atomic mass is 16.2. The van der Waals surface area contributed by atoms with E-state index in [1.54, 1.807) is 6.07 Å². The number of amides is 1. The summed E-state index contributed by atoms with van der Waals surface area (Å²) in [5.74, 6) is 0.417. The Kier molecular flexibility index (Phi) is 5.58. The van der Waals surface area contributed by atoms with E-state index in [0.717, 1.165) is 25.2 Å². The van der Waals surface area contributed by atoms with Gasteiger partial charge in [-0.25, -0.2) is 4.68 Å². The molecule has 1 amide bonds. The molecular weight excluding hydrogens is 352 g/mol. The van der Waals surface area contributed by atoms with Crippen LogP contribution in [0.2, 0.25) is 0 Å². The highest BCUT2D eigenvalue weighted by molar-refractivity contribution is 5.79. The van der Waals surface area contributed by atoms with Gasteiger partial charge in [0.2, 0.25) is 5.91 Å². The van der Waals surface area contributed by atoms with Crippen molar-refractivity contribution in [3.63, 3.8) is 0 Å². The molecule has 3 aromatic rings. The summed E-state index contributed by atoms with van der Waals surface area (Å²) in [5, 5.41) is 6.54. The summed E-state index contributed by atoms with van der Waals surface area (Å²) in [4.78, 5) is 27.0. The highest BCUT2D eigenvalue weighted by Crippen LogP contribution is 2.26. The van der Waals surface area contributed by atoms with E-state index in [0.29, 0.717) is 17.8 Å². The molecule has 1 atom stereocenters. The van der Waals surface area contributed by atoms with Gasteiger partial charge in [0.1, 0.15) is 6.54 Å². The number of rotatable bonds is 6. The van der Waals surface area contributed by atoms with Crippen LogP contribution in [0.1, 0.15) is 24.3 Å². The van der Waals surface area contributed by atoms with E-state index in [4.69, 9.17) is 0 Å². The minimum Gasteiger partial charge on any atom is -0.353 e. The topological polar surface area (TPSA) is 70.1 Å². The monoisotopic (exact) mass is 378 g/mol. The Morgan fingerprint density at radius 1 is 1.11 bits per heavy atom. The summed E-state index contributed by atoms with van der Waals surface area (Å²) in [7, 11) is 0. The van der Waals surface area contributed by atoms with Crippen LogP contribution in [0.4, 0.5) is 0 Å². The molecule has 28 heavy (non-hydrogen) atoms. The molecule has 0 spiro atoms. The predicted octanol–water partition coefficient (Wildman–Crippen LogP) is 2.33. The van der Waals surface area contributed by atoms with Crippen molar-refractivity contribution in [3.8, 4) is 0 Å². The van der Waals surface area contributed by atoms with Gasteiger partial charge >= 0.3 is 0 Å². The van der Waals surface area contributed by atoms with Crippen LogP contribution in [-0.4, -0.2) is 46.8 Å². The van der Waals surface area contributed by atoms with E-state index < -0.39 is 0 Å². The van der Waals surface area contributed by atoms with Gasteiger partial charge in [-0.15, -0.1) is 0 Å². The number of likely N-dealkylation sites (tertiary alicyclic amines) is 1. The van der Waals surface area contributed by atoms with Crippen molar-refractivity contribution in [2.24, 2.45) is 0 Å². The third-order valence-electron chi connectivity index (χ3n) is 5.49. The number of H-pyrrole nitrogens is 1. The summed E-state index contributed by atoms with van der Waals surface area (Å²) < 4.78 is 1.37. The van der Waals surface area contributed by atoms with Crippen molar-refractivity contribution in [2.75, 3.05) is 26.2 Å². The number of aromatic nitrogens is 2. The summed E-state index contributed by atoms with van der Waals surface area (Å²) in [6, 6.07) is 17.9. The molecule has 1 aromatic heterocycles. The van der Waals surface area contributed by atoms with Gasteiger partial charge in [0.15, 0.2) is 0 Å². The molecule has 2 N–H and O–H groups in total. The van der Waals surface area contributed by atoms with Gasteiger partial charge < -0.3 is 10.2 Å². The van der Waals surface area contributed by atoms with Gasteiger partial charge in [-0.05, 0) is 43.0 Å². The molecule has 0 saturated carbocycles. The molecule has 1 aliphatic rings. The van der Waals surface area contributed by atoms with Crippen LogP contribution in [-0.2, 0) is 11.3 Å². The lowest BCUT2D eigenvalue weighted by atomic mass is 9.91. The minimum absolute atomic E-state index is 0.0140. The SMILES string of the molecule is O=C(Cn1[nH]c2ccccc2c1=O)NCCN1CCC[C@@H](c2ccccc2)C1. The van der Waals surface area contributed by atoms with Crippen LogP contribution in [0.5, 0.6) is 0 Å². The molecule has 0 aliphatic carbocycles. The maximum atomic E-state index is 12.3. The van der Waals surface area contributed by atoms with E-state index >= 15 is 0 Å². The van der Waals surface area contributed by atoms with Crippen LogP contribution in [0.15, 0.2) is 59.4 Å². The molecule has 6 nitrogen and oxygen atoms in total. The first kappa shape index (κ1) is 18.5. The van der Waals surface area contributed by atoms with Crippen molar-refractivity contribution in [1.29, 1.82) is 0 Å². The van der Waals surface area contributed by atoms with Crippen molar-refractivity contribution in [1.82, 2.24) is 20.0 Å². The second-order valence-electron chi connectivity index (χ2n) is 7.45. The number of piperidine rings is 1. The number of hydrogen-bond acceptors (Lipinski definition) is 3. The molecule has 1 fully saturated rings. The van der Waals surface area contributed by atoms with Crippen LogP contribution in [0, 0.1) is 0 Å². The second kappa shape index (κ2) is 8.44. The number of nitrogens with zero attached hydrogens (tertiary/aromatic N) is 2. The summed E-state index contributed by atoms with van der Waals surface area (Å²) in [6.07, 6.45) is 2.40. The maximum Gasteiger partial charge on any atom is 0.274 e. The van der Waals surface area contributed by atoms with E-state index in [9.17, 15) is 9.59 Å². The Morgan fingerprint density at radius 2 is 1.89 bits per heavy atom. The van der Waals surface area contributed by atoms with Crippen LogP contribution < -0.4 is 10.9 Å². The van der Waals surface area contributed by atoms with E-state index in [-0.39, 0.29) is 18.0 Å². The fourth-order valence-corrected chi connectivity index (χ4v) is 4.03. The Hall–Kier alpha value is -2.86. The van der Waals surface area contributed by atoms with Crippen molar-refractivity contribution in [3.05, 3.63) is 70.5 Å². The average Bonchev–Trinajstić information content (AvgIpc) is 3.04. The zero-order chi connectivity index (χ0) is 19.3. The van der Waals surface area contributed by atoms with Gasteiger partial charge in [0.25, 0.3) is 5.56 Å². The lowest BCUT2D eigenvalue weighted by Gasteiger charge is -2.33. The number of aromatic amines is 1. The Morgan fingerprint density at radius 3 is 2.71 bits per heavy atom. The molecule has 0 bridgehead atoms. The molecule has 1 saturated heterocycles. The molecule has 2 heterocycles. The first-order valence-electron chi connectivity index (χ1n) is 9.92. The molecule has 4 rings (SSSR count). The number of carbonyl (C=O) groups is 1. The average molecular weight is 378 g/mol. The molecular formula is C22H26N4O2. The smallest absolute Gasteiger partial charge is 0.274 e. The van der Waals surface area contributed by atoms with Crippen LogP contribution in [0.25, 0.3) is 10.9 Å². The zero-order valence-corrected chi connectivity index (χ0v) is 15.9. The lowest BCUT2D eigenvalue weighted by molar-refractivity contribution is -0.121. The molecule has 2 aromatic carbocycles. The van der Waals surface area contributed by atoms with Gasteiger partial charge in [0, 0.05) is 19.6 Å². The number of fused-ring (bicyclic) bond motifs is 1. The number of benzene rings is 2. The maximum absolute atomic E-state index is 12.3. The molecule has 0 unspecified atom stereocenters. The summed E-state index contributed by atoms with van der Waals surface area (Å²) in [6.45, 7) is 3.54. The van der Waals surface area contributed by atoms with E-state index in [2.05, 4.69) is 45.6 Å². The minimum atomic E-state index is -0.160. The normalized spacial score (nSPS) is 17.6. The molecule has 0 radical (unpaired) electrons. The molecule has 6 heteroatoms. The van der Waals surface area contributed by atoms with Gasteiger partial charge in [-0.1, -0.05) is 42.5 Å². The largest absolute Gasteiger partial charge is 0.353 e. The van der Waals surface area contributed by atoms with Gasteiger partial charge in [-0.2, -0.15) is 0 Å². The fourth-order valence-electron chi connectivity index (χ4n) is 4.03. The zero-order valence-electron chi connectivity index (χ0n) is 15.9. The van der Waals surface area contributed by atoms with Gasteiger partial charge in [-0.3, -0.25) is 14.7 Å². The third kappa shape index (κ3) is 4.17. The van der Waals surface area contributed by atoms with Gasteiger partial charge in [0.05, 0.1) is 10.9 Å².